The molecule has 0 spiro atoms. The number of hydrogen-bond donors (Lipinski definition) is 0. The van der Waals surface area contributed by atoms with Crippen molar-refractivity contribution >= 4 is 16.9 Å². The molecule has 1 amide bonds. The van der Waals surface area contributed by atoms with E-state index in [0.29, 0.717) is 17.1 Å². The molecule has 0 unspecified atom stereocenters. The van der Waals surface area contributed by atoms with E-state index in [4.69, 9.17) is 4.74 Å². The summed E-state index contributed by atoms with van der Waals surface area (Å²) in [7, 11) is 0. The molecule has 2 saturated heterocycles. The van der Waals surface area contributed by atoms with Gasteiger partial charge in [-0.2, -0.15) is 0 Å². The molecule has 0 saturated carbocycles. The first kappa shape index (κ1) is 15.5. The topological polar surface area (TPSA) is 58.6 Å². The van der Waals surface area contributed by atoms with Crippen LogP contribution in [-0.4, -0.2) is 71.1 Å². The Morgan fingerprint density at radius 1 is 1.12 bits per heavy atom. The number of carbonyl (C=O) groups excluding carboxylic acids is 1. The molecule has 4 rings (SSSR count). The van der Waals surface area contributed by atoms with E-state index < -0.39 is 0 Å². The highest BCUT2D eigenvalue weighted by Crippen LogP contribution is 2.21. The number of para-hydroxylation sites is 1. The SMILES string of the molecule is O=C(c1cccc2nccnc12)N1CCC[C@@H](N2CCOCC2)C1. The minimum atomic E-state index is 0.0686. The minimum absolute atomic E-state index is 0.0686. The van der Waals surface area contributed by atoms with Gasteiger partial charge in [-0.25, -0.2) is 0 Å². The van der Waals surface area contributed by atoms with Crippen molar-refractivity contribution in [1.82, 2.24) is 19.8 Å². The van der Waals surface area contributed by atoms with Gasteiger partial charge >= 0.3 is 0 Å². The highest BCUT2D eigenvalue weighted by molar-refractivity contribution is 6.04. The van der Waals surface area contributed by atoms with E-state index in [1.165, 1.54) is 0 Å². The highest BCUT2D eigenvalue weighted by Gasteiger charge is 2.29. The van der Waals surface area contributed by atoms with E-state index in [-0.39, 0.29) is 5.91 Å². The van der Waals surface area contributed by atoms with Crippen molar-refractivity contribution in [2.24, 2.45) is 0 Å². The van der Waals surface area contributed by atoms with Crippen LogP contribution in [0.4, 0.5) is 0 Å². The molecule has 126 valence electrons. The third-order valence-electron chi connectivity index (χ3n) is 4.97. The van der Waals surface area contributed by atoms with Gasteiger partial charge in [0.25, 0.3) is 5.91 Å². The predicted octanol–water partition coefficient (Wildman–Crippen LogP) is 1.57. The van der Waals surface area contributed by atoms with Crippen LogP contribution in [0.5, 0.6) is 0 Å². The lowest BCUT2D eigenvalue weighted by Crippen LogP contribution is -2.52. The summed E-state index contributed by atoms with van der Waals surface area (Å²) >= 11 is 0. The first-order valence-electron chi connectivity index (χ1n) is 8.64. The first-order valence-corrected chi connectivity index (χ1v) is 8.64. The monoisotopic (exact) mass is 326 g/mol. The number of piperidine rings is 1. The molecule has 6 heteroatoms. The van der Waals surface area contributed by atoms with Crippen LogP contribution >= 0.6 is 0 Å². The zero-order valence-corrected chi connectivity index (χ0v) is 13.7. The summed E-state index contributed by atoms with van der Waals surface area (Å²) in [6.45, 7) is 5.12. The number of rotatable bonds is 2. The van der Waals surface area contributed by atoms with Gasteiger partial charge in [0, 0.05) is 44.6 Å². The molecule has 1 atom stereocenters. The standard InChI is InChI=1S/C18H22N4O2/c23-18(15-4-1-5-16-17(15)20-7-6-19-16)22-8-2-3-14(13-22)21-9-11-24-12-10-21/h1,4-7,14H,2-3,8-13H2/t14-/m1/s1. The summed E-state index contributed by atoms with van der Waals surface area (Å²) in [6.07, 6.45) is 5.50. The maximum Gasteiger partial charge on any atom is 0.256 e. The molecule has 6 nitrogen and oxygen atoms in total. The smallest absolute Gasteiger partial charge is 0.256 e. The third kappa shape index (κ3) is 2.99. The van der Waals surface area contributed by atoms with Gasteiger partial charge in [0.2, 0.25) is 0 Å². The van der Waals surface area contributed by atoms with Crippen LogP contribution in [0.1, 0.15) is 23.2 Å². The molecule has 0 N–H and O–H groups in total. The summed E-state index contributed by atoms with van der Waals surface area (Å²) in [5, 5.41) is 0. The zero-order chi connectivity index (χ0) is 16.4. The maximum atomic E-state index is 13.1. The van der Waals surface area contributed by atoms with Crippen LogP contribution in [0.3, 0.4) is 0 Å². The number of aromatic nitrogens is 2. The number of morpholine rings is 1. The summed E-state index contributed by atoms with van der Waals surface area (Å²) < 4.78 is 5.44. The van der Waals surface area contributed by atoms with Crippen LogP contribution in [0.15, 0.2) is 30.6 Å². The Kier molecular flexibility index (Phi) is 4.40. The van der Waals surface area contributed by atoms with Gasteiger partial charge in [-0.3, -0.25) is 19.7 Å². The average Bonchev–Trinajstić information content (AvgIpc) is 2.68. The summed E-state index contributed by atoms with van der Waals surface area (Å²) in [5.41, 5.74) is 2.12. The molecule has 3 heterocycles. The second-order valence-corrected chi connectivity index (χ2v) is 6.43. The van der Waals surface area contributed by atoms with Crippen LogP contribution in [0, 0.1) is 0 Å². The second kappa shape index (κ2) is 6.83. The average molecular weight is 326 g/mol. The number of fused-ring (bicyclic) bond motifs is 1. The Morgan fingerprint density at radius 2 is 1.96 bits per heavy atom. The lowest BCUT2D eigenvalue weighted by molar-refractivity contribution is -0.00118. The van der Waals surface area contributed by atoms with Crippen molar-refractivity contribution in [3.63, 3.8) is 0 Å². The van der Waals surface area contributed by atoms with Crippen molar-refractivity contribution in [2.75, 3.05) is 39.4 Å². The third-order valence-corrected chi connectivity index (χ3v) is 4.97. The van der Waals surface area contributed by atoms with Crippen molar-refractivity contribution in [1.29, 1.82) is 0 Å². The Labute approximate surface area is 141 Å². The van der Waals surface area contributed by atoms with Crippen molar-refractivity contribution < 1.29 is 9.53 Å². The van der Waals surface area contributed by atoms with Crippen LogP contribution in [0.25, 0.3) is 11.0 Å². The van der Waals surface area contributed by atoms with Crippen molar-refractivity contribution in [3.05, 3.63) is 36.2 Å². The van der Waals surface area contributed by atoms with Gasteiger partial charge in [0.15, 0.2) is 0 Å². The molecule has 0 aliphatic carbocycles. The Morgan fingerprint density at radius 3 is 2.83 bits per heavy atom. The Hall–Kier alpha value is -2.05. The number of amides is 1. The van der Waals surface area contributed by atoms with Gasteiger partial charge in [0.1, 0.15) is 5.52 Å². The number of benzene rings is 1. The lowest BCUT2D eigenvalue weighted by atomic mass is 10.0. The van der Waals surface area contributed by atoms with Gasteiger partial charge in [0.05, 0.1) is 24.3 Å². The highest BCUT2D eigenvalue weighted by atomic mass is 16.5. The molecule has 1 aromatic heterocycles. The Balaban J connectivity index is 1.55. The molecule has 2 aliphatic rings. The van der Waals surface area contributed by atoms with Gasteiger partial charge in [-0.1, -0.05) is 6.07 Å². The molecule has 0 radical (unpaired) electrons. The molecule has 0 bridgehead atoms. The summed E-state index contributed by atoms with van der Waals surface area (Å²) in [5.74, 6) is 0.0686. The molecule has 24 heavy (non-hydrogen) atoms. The number of carbonyl (C=O) groups is 1. The summed E-state index contributed by atoms with van der Waals surface area (Å²) in [6, 6.07) is 6.07. The van der Waals surface area contributed by atoms with E-state index in [9.17, 15) is 4.79 Å². The van der Waals surface area contributed by atoms with E-state index in [1.54, 1.807) is 12.4 Å². The fourth-order valence-corrected chi connectivity index (χ4v) is 3.72. The molecular formula is C18H22N4O2. The first-order chi connectivity index (χ1) is 11.8. The van der Waals surface area contributed by atoms with Crippen LogP contribution in [-0.2, 0) is 4.74 Å². The number of likely N-dealkylation sites (tertiary alicyclic amines) is 1. The van der Waals surface area contributed by atoms with Crippen molar-refractivity contribution in [2.45, 2.75) is 18.9 Å². The maximum absolute atomic E-state index is 13.1. The summed E-state index contributed by atoms with van der Waals surface area (Å²) in [4.78, 5) is 26.2. The van der Waals surface area contributed by atoms with E-state index in [2.05, 4.69) is 14.9 Å². The van der Waals surface area contributed by atoms with E-state index in [0.717, 1.165) is 57.8 Å². The van der Waals surface area contributed by atoms with Gasteiger partial charge < -0.3 is 9.64 Å². The molecule has 2 fully saturated rings. The minimum Gasteiger partial charge on any atom is -0.379 e. The number of nitrogens with zero attached hydrogens (tertiary/aromatic N) is 4. The largest absolute Gasteiger partial charge is 0.379 e. The number of hydrogen-bond acceptors (Lipinski definition) is 5. The molecule has 1 aromatic carbocycles. The fraction of sp³-hybridized carbons (Fsp3) is 0.500. The van der Waals surface area contributed by atoms with Gasteiger partial charge in [-0.05, 0) is 25.0 Å². The van der Waals surface area contributed by atoms with Crippen LogP contribution in [0.2, 0.25) is 0 Å². The molecule has 2 aromatic rings. The second-order valence-electron chi connectivity index (χ2n) is 6.43. The van der Waals surface area contributed by atoms with Crippen molar-refractivity contribution in [3.8, 4) is 0 Å². The molecular weight excluding hydrogens is 304 g/mol. The van der Waals surface area contributed by atoms with E-state index >= 15 is 0 Å². The fourth-order valence-electron chi connectivity index (χ4n) is 3.72. The predicted molar refractivity (Wildman–Crippen MR) is 90.9 cm³/mol. The lowest BCUT2D eigenvalue weighted by Gasteiger charge is -2.40. The van der Waals surface area contributed by atoms with Gasteiger partial charge in [-0.15, -0.1) is 0 Å². The quantitative estimate of drug-likeness (QED) is 0.838. The normalized spacial score (nSPS) is 22.7. The Bertz CT molecular complexity index is 725. The molecule has 2 aliphatic heterocycles. The zero-order valence-electron chi connectivity index (χ0n) is 13.7. The van der Waals surface area contributed by atoms with E-state index in [1.807, 2.05) is 23.1 Å². The van der Waals surface area contributed by atoms with Crippen LogP contribution < -0.4 is 0 Å². The number of ether oxygens (including phenoxy) is 1.